The number of hydrogen-bond donors (Lipinski definition) is 1. The van der Waals surface area contributed by atoms with Gasteiger partial charge in [0.25, 0.3) is 5.69 Å². The first kappa shape index (κ1) is 23.8. The zero-order chi connectivity index (χ0) is 23.3. The van der Waals surface area contributed by atoms with E-state index in [1.54, 1.807) is 13.8 Å². The van der Waals surface area contributed by atoms with Gasteiger partial charge in [0.05, 0.1) is 35.2 Å². The van der Waals surface area contributed by atoms with Crippen LogP contribution in [0.1, 0.15) is 39.2 Å². The van der Waals surface area contributed by atoms with Gasteiger partial charge in [-0.15, -0.1) is 0 Å². The molecule has 1 heterocycles. The molecular formula is C20H22F2N2O7. The number of esters is 2. The molecule has 2 rings (SSSR count). The molecule has 0 atom stereocenters. The Balaban J connectivity index is 2.84. The highest BCUT2D eigenvalue weighted by Crippen LogP contribution is 2.44. The summed E-state index contributed by atoms with van der Waals surface area (Å²) >= 11 is 0. The number of alkyl halides is 2. The molecule has 0 amide bonds. The van der Waals surface area contributed by atoms with Gasteiger partial charge in [-0.2, -0.15) is 8.78 Å². The van der Waals surface area contributed by atoms with Crippen molar-refractivity contribution in [2.75, 3.05) is 13.2 Å². The fourth-order valence-corrected chi connectivity index (χ4v) is 3.34. The maximum absolute atomic E-state index is 13.1. The van der Waals surface area contributed by atoms with E-state index in [9.17, 15) is 28.5 Å². The normalized spacial score (nSPS) is 14.4. The molecule has 0 saturated heterocycles. The Morgan fingerprint density at radius 2 is 1.61 bits per heavy atom. The van der Waals surface area contributed by atoms with Crippen LogP contribution in [0.2, 0.25) is 0 Å². The summed E-state index contributed by atoms with van der Waals surface area (Å²) in [5.74, 6) is -3.35. The topological polar surface area (TPSA) is 117 Å². The number of hydrogen-bond acceptors (Lipinski definition) is 8. The second-order valence-electron chi connectivity index (χ2n) is 6.43. The van der Waals surface area contributed by atoms with Gasteiger partial charge < -0.3 is 19.5 Å². The number of nitro benzene ring substituents is 1. The summed E-state index contributed by atoms with van der Waals surface area (Å²) in [6, 6.07) is 2.98. The first-order valence-electron chi connectivity index (χ1n) is 9.38. The average Bonchev–Trinajstić information content (AvgIpc) is 2.67. The van der Waals surface area contributed by atoms with Gasteiger partial charge in [-0.25, -0.2) is 9.59 Å². The molecular weight excluding hydrogens is 418 g/mol. The largest absolute Gasteiger partial charge is 0.463 e. The first-order chi connectivity index (χ1) is 14.6. The highest BCUT2D eigenvalue weighted by Gasteiger charge is 2.40. The van der Waals surface area contributed by atoms with Crippen LogP contribution in [0.25, 0.3) is 0 Å². The summed E-state index contributed by atoms with van der Waals surface area (Å²) in [6.07, 6.45) is 0. The molecule has 0 radical (unpaired) electrons. The smallest absolute Gasteiger partial charge is 0.387 e. The van der Waals surface area contributed by atoms with E-state index in [-0.39, 0.29) is 29.9 Å². The molecule has 0 bridgehead atoms. The predicted molar refractivity (Wildman–Crippen MR) is 104 cm³/mol. The number of non-ortho nitro benzene ring substituents is 1. The minimum absolute atomic E-state index is 0.00903. The molecule has 0 spiro atoms. The third kappa shape index (κ3) is 5.16. The lowest BCUT2D eigenvalue weighted by atomic mass is 9.79. The van der Waals surface area contributed by atoms with Gasteiger partial charge in [0.2, 0.25) is 0 Å². The fraction of sp³-hybridized carbons (Fsp3) is 0.400. The quantitative estimate of drug-likeness (QED) is 0.371. The van der Waals surface area contributed by atoms with Gasteiger partial charge in [0, 0.05) is 29.1 Å². The van der Waals surface area contributed by atoms with Crippen LogP contribution >= 0.6 is 0 Å². The number of allylic oxidation sites excluding steroid dienone is 2. The minimum Gasteiger partial charge on any atom is -0.463 e. The average molecular weight is 440 g/mol. The molecule has 1 aliphatic heterocycles. The molecule has 0 saturated carbocycles. The number of carbonyl (C=O) groups is 2. The van der Waals surface area contributed by atoms with Gasteiger partial charge in [-0.05, 0) is 33.8 Å². The van der Waals surface area contributed by atoms with Gasteiger partial charge >= 0.3 is 18.6 Å². The molecule has 1 aromatic carbocycles. The van der Waals surface area contributed by atoms with E-state index in [1.165, 1.54) is 13.8 Å². The predicted octanol–water partition coefficient (Wildman–Crippen LogP) is 3.56. The number of benzene rings is 1. The second kappa shape index (κ2) is 10.0. The lowest BCUT2D eigenvalue weighted by Crippen LogP contribution is -2.33. The van der Waals surface area contributed by atoms with Gasteiger partial charge in [0.15, 0.2) is 0 Å². The van der Waals surface area contributed by atoms with Crippen molar-refractivity contribution in [3.8, 4) is 5.75 Å². The number of nitro groups is 1. The zero-order valence-corrected chi connectivity index (χ0v) is 17.4. The van der Waals surface area contributed by atoms with Crippen LogP contribution in [0.3, 0.4) is 0 Å². The van der Waals surface area contributed by atoms with Gasteiger partial charge in [-0.1, -0.05) is 0 Å². The Kier molecular flexibility index (Phi) is 7.67. The van der Waals surface area contributed by atoms with Crippen LogP contribution in [-0.4, -0.2) is 36.7 Å². The fourth-order valence-electron chi connectivity index (χ4n) is 3.34. The monoisotopic (exact) mass is 440 g/mol. The maximum Gasteiger partial charge on any atom is 0.387 e. The van der Waals surface area contributed by atoms with Crippen LogP contribution in [-0.2, 0) is 19.1 Å². The molecule has 9 nitrogen and oxygen atoms in total. The van der Waals surface area contributed by atoms with Crippen molar-refractivity contribution in [3.05, 3.63) is 56.4 Å². The molecule has 0 aromatic heterocycles. The Morgan fingerprint density at radius 3 is 2.03 bits per heavy atom. The number of carbonyl (C=O) groups excluding carboxylic acids is 2. The van der Waals surface area contributed by atoms with Gasteiger partial charge in [0.1, 0.15) is 5.75 Å². The van der Waals surface area contributed by atoms with Gasteiger partial charge in [-0.3, -0.25) is 10.1 Å². The van der Waals surface area contributed by atoms with E-state index < -0.39 is 40.8 Å². The standard InChI is InChI=1S/C20H22F2N2O7/c1-5-29-18(25)15-10(3)23-11(4)16(19(26)30-6-2)17(15)13-9-12(24(27)28)7-8-14(13)31-20(21)22/h7-9,17,20,23H,5-6H2,1-4H3. The first-order valence-corrected chi connectivity index (χ1v) is 9.38. The van der Waals surface area contributed by atoms with Crippen molar-refractivity contribution in [3.63, 3.8) is 0 Å². The minimum atomic E-state index is -3.24. The Bertz CT molecular complexity index is 917. The van der Waals surface area contributed by atoms with E-state index >= 15 is 0 Å². The number of dihydropyridines is 1. The Morgan fingerprint density at radius 1 is 1.10 bits per heavy atom. The molecule has 1 aliphatic rings. The van der Waals surface area contributed by atoms with Crippen LogP contribution in [0.5, 0.6) is 5.75 Å². The van der Waals surface area contributed by atoms with Crippen molar-refractivity contribution in [1.29, 1.82) is 0 Å². The van der Waals surface area contributed by atoms with E-state index in [1.807, 2.05) is 0 Å². The van der Waals surface area contributed by atoms with Crippen LogP contribution in [0, 0.1) is 10.1 Å². The third-order valence-electron chi connectivity index (χ3n) is 4.48. The summed E-state index contributed by atoms with van der Waals surface area (Å²) in [6.45, 7) is 3.00. The highest BCUT2D eigenvalue weighted by molar-refractivity contribution is 6.00. The maximum atomic E-state index is 13.1. The van der Waals surface area contributed by atoms with E-state index in [4.69, 9.17) is 9.47 Å². The molecule has 1 aromatic rings. The molecule has 0 unspecified atom stereocenters. The van der Waals surface area contributed by atoms with Crippen LogP contribution in [0.4, 0.5) is 14.5 Å². The zero-order valence-electron chi connectivity index (χ0n) is 17.4. The summed E-state index contributed by atoms with van der Waals surface area (Å²) in [7, 11) is 0. The van der Waals surface area contributed by atoms with Crippen molar-refractivity contribution in [2.24, 2.45) is 0 Å². The highest BCUT2D eigenvalue weighted by atomic mass is 19.3. The number of nitrogens with one attached hydrogen (secondary N) is 1. The molecule has 1 N–H and O–H groups in total. The van der Waals surface area contributed by atoms with E-state index in [0.29, 0.717) is 11.4 Å². The van der Waals surface area contributed by atoms with Crippen molar-refractivity contribution in [1.82, 2.24) is 5.32 Å². The number of ether oxygens (including phenoxy) is 3. The third-order valence-corrected chi connectivity index (χ3v) is 4.48. The molecule has 168 valence electrons. The number of rotatable bonds is 8. The molecule has 0 aliphatic carbocycles. The molecule has 31 heavy (non-hydrogen) atoms. The SMILES string of the molecule is CCOC(=O)C1=C(C)NC(C)=C(C(=O)OCC)C1c1cc([N+](=O)[O-])ccc1OC(F)F. The summed E-state index contributed by atoms with van der Waals surface area (Å²) in [4.78, 5) is 36.1. The second-order valence-corrected chi connectivity index (χ2v) is 6.43. The van der Waals surface area contributed by atoms with Crippen molar-refractivity contribution < 1.29 is 37.5 Å². The summed E-state index contributed by atoms with van der Waals surface area (Å²) < 4.78 is 40.9. The van der Waals surface area contributed by atoms with Crippen LogP contribution < -0.4 is 10.1 Å². The number of nitrogens with zero attached hydrogens (tertiary/aromatic N) is 1. The molecule has 0 fully saturated rings. The lowest BCUT2D eigenvalue weighted by Gasteiger charge is -2.31. The lowest BCUT2D eigenvalue weighted by molar-refractivity contribution is -0.385. The molecule has 11 heteroatoms. The summed E-state index contributed by atoms with van der Waals surface area (Å²) in [5, 5.41) is 14.2. The van der Waals surface area contributed by atoms with Crippen molar-refractivity contribution in [2.45, 2.75) is 40.2 Å². The van der Waals surface area contributed by atoms with E-state index in [2.05, 4.69) is 10.1 Å². The van der Waals surface area contributed by atoms with E-state index in [0.717, 1.165) is 18.2 Å². The van der Waals surface area contributed by atoms with Crippen molar-refractivity contribution >= 4 is 17.6 Å². The van der Waals surface area contributed by atoms with Crippen LogP contribution in [0.15, 0.2) is 40.7 Å². The Labute approximate surface area is 176 Å². The summed E-state index contributed by atoms with van der Waals surface area (Å²) in [5.41, 5.74) is -0.157. The Hall–Kier alpha value is -3.50. The number of halogens is 2.